The molecule has 19 heavy (non-hydrogen) atoms. The van der Waals surface area contributed by atoms with E-state index in [1.54, 1.807) is 32.0 Å². The largest absolute Gasteiger partial charge is 0.493 e. The number of benzene rings is 1. The highest BCUT2D eigenvalue weighted by Crippen LogP contribution is 2.28. The molecule has 2 N–H and O–H groups in total. The fourth-order valence-electron chi connectivity index (χ4n) is 1.98. The summed E-state index contributed by atoms with van der Waals surface area (Å²) in [6.45, 7) is 4.07. The second-order valence-corrected chi connectivity index (χ2v) is 4.90. The van der Waals surface area contributed by atoms with Gasteiger partial charge in [0.2, 0.25) is 5.91 Å². The van der Waals surface area contributed by atoms with Crippen LogP contribution in [-0.2, 0) is 16.0 Å². The molecule has 0 radical (unpaired) electrons. The first-order valence-electron chi connectivity index (χ1n) is 6.28. The molecule has 0 saturated carbocycles. The minimum absolute atomic E-state index is 0.250. The molecule has 1 aliphatic rings. The maximum atomic E-state index is 11.7. The van der Waals surface area contributed by atoms with Crippen LogP contribution in [0.5, 0.6) is 5.75 Å². The molecule has 0 aliphatic carbocycles. The molecule has 0 bridgehead atoms. The van der Waals surface area contributed by atoms with Crippen LogP contribution in [0.3, 0.4) is 0 Å². The fraction of sp³-hybridized carbons (Fsp3) is 0.429. The maximum absolute atomic E-state index is 11.7. The van der Waals surface area contributed by atoms with Gasteiger partial charge in [-0.3, -0.25) is 4.79 Å². The van der Waals surface area contributed by atoms with Gasteiger partial charge in [-0.1, -0.05) is 19.9 Å². The predicted octanol–water partition coefficient (Wildman–Crippen LogP) is 1.52. The van der Waals surface area contributed by atoms with E-state index in [1.807, 2.05) is 0 Å². The van der Waals surface area contributed by atoms with E-state index in [0.29, 0.717) is 12.2 Å². The molecule has 102 valence electrons. The van der Waals surface area contributed by atoms with Crippen LogP contribution < -0.4 is 10.1 Å². The first-order chi connectivity index (χ1) is 8.99. The van der Waals surface area contributed by atoms with Crippen molar-refractivity contribution in [3.05, 3.63) is 29.3 Å². The van der Waals surface area contributed by atoms with Crippen molar-refractivity contribution in [1.29, 1.82) is 0 Å². The summed E-state index contributed by atoms with van der Waals surface area (Å²) in [5.74, 6) is -0.792. The lowest BCUT2D eigenvalue weighted by atomic mass is 10.0. The number of amides is 1. The molecule has 1 aliphatic heterocycles. The lowest BCUT2D eigenvalue weighted by Crippen LogP contribution is -2.36. The van der Waals surface area contributed by atoms with E-state index in [9.17, 15) is 14.7 Å². The van der Waals surface area contributed by atoms with Crippen LogP contribution in [0.25, 0.3) is 0 Å². The van der Waals surface area contributed by atoms with E-state index in [1.165, 1.54) is 0 Å². The third kappa shape index (κ3) is 2.86. The molecule has 5 heteroatoms. The van der Waals surface area contributed by atoms with Crippen molar-refractivity contribution in [1.82, 2.24) is 5.32 Å². The lowest BCUT2D eigenvalue weighted by molar-refractivity contribution is -0.142. The number of rotatable bonds is 4. The van der Waals surface area contributed by atoms with E-state index in [4.69, 9.17) is 4.74 Å². The smallest absolute Gasteiger partial charge is 0.330 e. The van der Waals surface area contributed by atoms with Crippen molar-refractivity contribution < 1.29 is 19.4 Å². The second kappa shape index (κ2) is 5.30. The van der Waals surface area contributed by atoms with Gasteiger partial charge in [0.1, 0.15) is 5.75 Å². The zero-order valence-electron chi connectivity index (χ0n) is 11.0. The number of carboxylic acids is 1. The summed E-state index contributed by atoms with van der Waals surface area (Å²) in [6.07, 6.45) is 0.771. The van der Waals surface area contributed by atoms with Gasteiger partial charge < -0.3 is 15.2 Å². The highest BCUT2D eigenvalue weighted by molar-refractivity contribution is 5.85. The van der Waals surface area contributed by atoms with Crippen molar-refractivity contribution in [2.75, 3.05) is 6.61 Å². The van der Waals surface area contributed by atoms with Gasteiger partial charge in [0.15, 0.2) is 6.04 Å². The Morgan fingerprint density at radius 1 is 1.37 bits per heavy atom. The fourth-order valence-corrected chi connectivity index (χ4v) is 1.98. The molecular weight excluding hydrogens is 246 g/mol. The first kappa shape index (κ1) is 13.4. The zero-order chi connectivity index (χ0) is 14.0. The second-order valence-electron chi connectivity index (χ2n) is 4.90. The van der Waals surface area contributed by atoms with Crippen molar-refractivity contribution in [2.45, 2.75) is 26.3 Å². The number of hydrogen-bond acceptors (Lipinski definition) is 3. The number of hydrogen-bond donors (Lipinski definition) is 2. The van der Waals surface area contributed by atoms with Crippen LogP contribution in [0.15, 0.2) is 18.2 Å². The Morgan fingerprint density at radius 2 is 2.11 bits per heavy atom. The van der Waals surface area contributed by atoms with Gasteiger partial charge in [-0.2, -0.15) is 0 Å². The molecule has 1 atom stereocenters. The van der Waals surface area contributed by atoms with Crippen LogP contribution in [0.4, 0.5) is 0 Å². The van der Waals surface area contributed by atoms with Gasteiger partial charge in [-0.05, 0) is 23.3 Å². The Kier molecular flexibility index (Phi) is 3.74. The summed E-state index contributed by atoms with van der Waals surface area (Å²) in [7, 11) is 0. The maximum Gasteiger partial charge on any atom is 0.330 e. The highest BCUT2D eigenvalue weighted by atomic mass is 16.5. The number of carbonyl (C=O) groups is 2. The minimum Gasteiger partial charge on any atom is -0.493 e. The number of carboxylic acid groups (broad SMARTS) is 1. The third-order valence-electron chi connectivity index (χ3n) is 3.10. The summed E-state index contributed by atoms with van der Waals surface area (Å²) in [4.78, 5) is 23.0. The van der Waals surface area contributed by atoms with Crippen LogP contribution in [0.1, 0.15) is 31.0 Å². The Labute approximate surface area is 111 Å². The van der Waals surface area contributed by atoms with Crippen molar-refractivity contribution >= 4 is 11.9 Å². The van der Waals surface area contributed by atoms with Gasteiger partial charge in [0.05, 0.1) is 6.61 Å². The minimum atomic E-state index is -1.06. The average Bonchev–Trinajstić information content (AvgIpc) is 2.81. The topological polar surface area (TPSA) is 75.6 Å². The number of fused-ring (bicyclic) bond motifs is 1. The number of nitrogens with one attached hydrogen (secondary N) is 1. The molecule has 0 spiro atoms. The Morgan fingerprint density at radius 3 is 2.74 bits per heavy atom. The van der Waals surface area contributed by atoms with E-state index in [2.05, 4.69) is 5.32 Å². The van der Waals surface area contributed by atoms with Crippen LogP contribution in [0, 0.1) is 5.92 Å². The predicted molar refractivity (Wildman–Crippen MR) is 69.0 cm³/mol. The molecular formula is C14H17NO4. The summed E-state index contributed by atoms with van der Waals surface area (Å²) in [5, 5.41) is 11.8. The van der Waals surface area contributed by atoms with Gasteiger partial charge in [0, 0.05) is 12.3 Å². The standard InChI is InChI=1S/C14H17NO4/c1-8(2)13(16)15-12(14(17)18)10-3-4-11-9(7-10)5-6-19-11/h3-4,7-8,12H,5-6H2,1-2H3,(H,15,16)(H,17,18). The molecule has 0 saturated heterocycles. The lowest BCUT2D eigenvalue weighted by Gasteiger charge is -2.17. The molecule has 1 aromatic rings. The van der Waals surface area contributed by atoms with Crippen molar-refractivity contribution in [2.24, 2.45) is 5.92 Å². The Balaban J connectivity index is 2.24. The monoisotopic (exact) mass is 263 g/mol. The molecule has 5 nitrogen and oxygen atoms in total. The average molecular weight is 263 g/mol. The van der Waals surface area contributed by atoms with Crippen LogP contribution >= 0.6 is 0 Å². The molecule has 1 heterocycles. The molecule has 1 unspecified atom stereocenters. The summed E-state index contributed by atoms with van der Waals surface area (Å²) in [6, 6.07) is 4.22. The van der Waals surface area contributed by atoms with E-state index in [0.717, 1.165) is 17.7 Å². The van der Waals surface area contributed by atoms with E-state index < -0.39 is 12.0 Å². The number of ether oxygens (including phenoxy) is 1. The van der Waals surface area contributed by atoms with Crippen molar-refractivity contribution in [3.8, 4) is 5.75 Å². The quantitative estimate of drug-likeness (QED) is 0.863. The summed E-state index contributed by atoms with van der Waals surface area (Å²) >= 11 is 0. The van der Waals surface area contributed by atoms with Gasteiger partial charge >= 0.3 is 5.97 Å². The molecule has 1 amide bonds. The zero-order valence-corrected chi connectivity index (χ0v) is 11.0. The van der Waals surface area contributed by atoms with E-state index in [-0.39, 0.29) is 11.8 Å². The van der Waals surface area contributed by atoms with Gasteiger partial charge in [0.25, 0.3) is 0 Å². The summed E-state index contributed by atoms with van der Waals surface area (Å²) < 4.78 is 5.38. The van der Waals surface area contributed by atoms with Crippen LogP contribution in [0.2, 0.25) is 0 Å². The van der Waals surface area contributed by atoms with E-state index >= 15 is 0 Å². The third-order valence-corrected chi connectivity index (χ3v) is 3.10. The van der Waals surface area contributed by atoms with Crippen molar-refractivity contribution in [3.63, 3.8) is 0 Å². The summed E-state index contributed by atoms with van der Waals surface area (Å²) in [5.41, 5.74) is 1.56. The first-order valence-corrected chi connectivity index (χ1v) is 6.28. The normalized spacial score (nSPS) is 14.7. The highest BCUT2D eigenvalue weighted by Gasteiger charge is 2.25. The molecule has 2 rings (SSSR count). The number of carbonyl (C=O) groups excluding carboxylic acids is 1. The molecule has 0 aromatic heterocycles. The Bertz CT molecular complexity index is 510. The van der Waals surface area contributed by atoms with Crippen LogP contribution in [-0.4, -0.2) is 23.6 Å². The van der Waals surface area contributed by atoms with Gasteiger partial charge in [-0.15, -0.1) is 0 Å². The molecule has 1 aromatic carbocycles. The molecule has 0 fully saturated rings. The number of aliphatic carboxylic acids is 1. The Hall–Kier alpha value is -2.04. The SMILES string of the molecule is CC(C)C(=O)NC(C(=O)O)c1ccc2c(c1)CCO2. The van der Waals surface area contributed by atoms with Gasteiger partial charge in [-0.25, -0.2) is 4.79 Å².